The van der Waals surface area contributed by atoms with Gasteiger partial charge in [0.05, 0.1) is 11.2 Å². The lowest BCUT2D eigenvalue weighted by atomic mass is 9.45. The normalized spacial score (nSPS) is 47.7. The summed E-state index contributed by atoms with van der Waals surface area (Å²) in [6.45, 7) is 4.45. The van der Waals surface area contributed by atoms with Crippen molar-refractivity contribution in [3.63, 3.8) is 0 Å². The van der Waals surface area contributed by atoms with Gasteiger partial charge in [0, 0.05) is 18.3 Å². The Bertz CT molecular complexity index is 845. The first-order valence-electron chi connectivity index (χ1n) is 11.0. The molecule has 0 saturated heterocycles. The Labute approximate surface area is 167 Å². The van der Waals surface area contributed by atoms with Crippen molar-refractivity contribution in [3.8, 4) is 0 Å². The van der Waals surface area contributed by atoms with Crippen LogP contribution in [0.15, 0.2) is 42.0 Å². The third-order valence-corrected chi connectivity index (χ3v) is 9.52. The molecular weight excluding hydrogens is 348 g/mol. The van der Waals surface area contributed by atoms with Crippen LogP contribution in [0.2, 0.25) is 0 Å². The molecule has 1 aromatic rings. The second kappa shape index (κ2) is 5.79. The molecule has 3 heteroatoms. The molecule has 5 rings (SSSR count). The molecule has 0 bridgehead atoms. The number of ketones is 1. The molecule has 2 N–H and O–H groups in total. The number of rotatable bonds is 1. The molecular formula is C25H32O3. The van der Waals surface area contributed by atoms with Crippen LogP contribution in [0.1, 0.15) is 70.8 Å². The Morgan fingerprint density at radius 2 is 1.71 bits per heavy atom. The van der Waals surface area contributed by atoms with E-state index in [0.29, 0.717) is 37.4 Å². The van der Waals surface area contributed by atoms with Crippen molar-refractivity contribution in [2.75, 3.05) is 0 Å². The van der Waals surface area contributed by atoms with Gasteiger partial charge in [-0.2, -0.15) is 0 Å². The molecule has 3 nitrogen and oxygen atoms in total. The Morgan fingerprint density at radius 3 is 2.46 bits per heavy atom. The van der Waals surface area contributed by atoms with Crippen LogP contribution in [0.25, 0.3) is 0 Å². The fraction of sp³-hybridized carbons (Fsp3) is 0.640. The molecule has 3 fully saturated rings. The molecule has 0 radical (unpaired) electrons. The summed E-state index contributed by atoms with van der Waals surface area (Å²) in [4.78, 5) is 12.0. The van der Waals surface area contributed by atoms with Gasteiger partial charge < -0.3 is 10.2 Å². The Balaban J connectivity index is 1.57. The highest BCUT2D eigenvalue weighted by atomic mass is 16.3. The summed E-state index contributed by atoms with van der Waals surface area (Å²) >= 11 is 0. The zero-order chi connectivity index (χ0) is 19.8. The largest absolute Gasteiger partial charge is 0.389 e. The van der Waals surface area contributed by atoms with Crippen LogP contribution in [0, 0.1) is 22.7 Å². The zero-order valence-corrected chi connectivity index (χ0v) is 17.1. The number of carbonyl (C=O) groups is 1. The van der Waals surface area contributed by atoms with Crippen LogP contribution >= 0.6 is 0 Å². The topological polar surface area (TPSA) is 57.5 Å². The maximum Gasteiger partial charge on any atom is 0.136 e. The minimum absolute atomic E-state index is 0.0291. The number of allylic oxidation sites excluding steroid dienone is 2. The minimum atomic E-state index is -0.985. The summed E-state index contributed by atoms with van der Waals surface area (Å²) < 4.78 is 0. The Kier molecular flexibility index (Phi) is 3.84. The Morgan fingerprint density at radius 1 is 0.964 bits per heavy atom. The number of hydrogen-bond donors (Lipinski definition) is 2. The second-order valence-electron chi connectivity index (χ2n) is 10.3. The number of Topliss-reactive ketones (excluding diaryl/α,β-unsaturated/α-hetero) is 1. The fourth-order valence-electron chi connectivity index (χ4n) is 7.64. The summed E-state index contributed by atoms with van der Waals surface area (Å²) in [6.07, 6.45) is 8.38. The lowest BCUT2D eigenvalue weighted by molar-refractivity contribution is -0.217. The first-order valence-corrected chi connectivity index (χ1v) is 11.0. The molecule has 0 unspecified atom stereocenters. The van der Waals surface area contributed by atoms with Crippen molar-refractivity contribution in [1.29, 1.82) is 0 Å². The van der Waals surface area contributed by atoms with Crippen LogP contribution in [-0.2, 0) is 10.4 Å². The number of benzene rings is 1. The highest BCUT2D eigenvalue weighted by Gasteiger charge is 2.71. The third-order valence-electron chi connectivity index (χ3n) is 9.52. The standard InChI is InChI=1S/C25H32O3/c1-22-12-10-19(26)16-18(22)8-9-21-20(22)11-13-23(2)24(27,14-15-25(21,23)28)17-6-4-3-5-7-17/h3-8,20-21,27-28H,9-16H2,1-2H3/t20-,21+,22-,23+,24-,25-/m0/s1. The third kappa shape index (κ3) is 2.10. The van der Waals surface area contributed by atoms with E-state index in [1.807, 2.05) is 30.3 Å². The van der Waals surface area contributed by atoms with Crippen molar-refractivity contribution < 1.29 is 15.0 Å². The Hall–Kier alpha value is -1.45. The number of aliphatic hydroxyl groups is 2. The van der Waals surface area contributed by atoms with Crippen molar-refractivity contribution >= 4 is 5.78 Å². The SMILES string of the molecule is C[C@]12CC[C@H]3[C@@H](CC=C4CC(=O)CC[C@@]43C)[C@@]1(O)CC[C@]2(O)c1ccccc1. The molecule has 0 amide bonds. The van der Waals surface area contributed by atoms with Crippen molar-refractivity contribution in [2.45, 2.75) is 76.4 Å². The van der Waals surface area contributed by atoms with Gasteiger partial charge in [-0.15, -0.1) is 0 Å². The maximum absolute atomic E-state index is 12.2. The van der Waals surface area contributed by atoms with Crippen molar-refractivity contribution in [3.05, 3.63) is 47.5 Å². The molecule has 4 aliphatic carbocycles. The predicted molar refractivity (Wildman–Crippen MR) is 109 cm³/mol. The van der Waals surface area contributed by atoms with Gasteiger partial charge in [0.15, 0.2) is 0 Å². The molecule has 28 heavy (non-hydrogen) atoms. The van der Waals surface area contributed by atoms with Gasteiger partial charge >= 0.3 is 0 Å². The van der Waals surface area contributed by atoms with Gasteiger partial charge in [0.1, 0.15) is 5.78 Å². The lowest BCUT2D eigenvalue weighted by Crippen LogP contribution is -2.63. The monoisotopic (exact) mass is 380 g/mol. The quantitative estimate of drug-likeness (QED) is 0.704. The summed E-state index contributed by atoms with van der Waals surface area (Å²) in [5, 5.41) is 24.0. The van der Waals surface area contributed by atoms with E-state index in [9.17, 15) is 15.0 Å². The molecule has 0 spiro atoms. The van der Waals surface area contributed by atoms with Crippen LogP contribution in [0.5, 0.6) is 0 Å². The van der Waals surface area contributed by atoms with Gasteiger partial charge in [0.2, 0.25) is 0 Å². The molecule has 1 aromatic carbocycles. The van der Waals surface area contributed by atoms with Crippen molar-refractivity contribution in [2.24, 2.45) is 22.7 Å². The van der Waals surface area contributed by atoms with E-state index in [4.69, 9.17) is 0 Å². The molecule has 3 saturated carbocycles. The molecule has 0 aromatic heterocycles. The molecule has 4 aliphatic rings. The van der Waals surface area contributed by atoms with E-state index in [1.54, 1.807) is 0 Å². The first-order chi connectivity index (χ1) is 13.2. The van der Waals surface area contributed by atoms with E-state index in [1.165, 1.54) is 5.57 Å². The van der Waals surface area contributed by atoms with E-state index in [0.717, 1.165) is 31.2 Å². The smallest absolute Gasteiger partial charge is 0.136 e. The minimum Gasteiger partial charge on any atom is -0.389 e. The number of hydrogen-bond acceptors (Lipinski definition) is 3. The number of fused-ring (bicyclic) bond motifs is 5. The number of carbonyl (C=O) groups excluding carboxylic acids is 1. The summed E-state index contributed by atoms with van der Waals surface area (Å²) in [6, 6.07) is 9.96. The molecule has 6 atom stereocenters. The van der Waals surface area contributed by atoms with Crippen LogP contribution < -0.4 is 0 Å². The van der Waals surface area contributed by atoms with Crippen LogP contribution in [-0.4, -0.2) is 21.6 Å². The summed E-state index contributed by atoms with van der Waals surface area (Å²) in [7, 11) is 0. The van der Waals surface area contributed by atoms with Gasteiger partial charge in [0.25, 0.3) is 0 Å². The highest BCUT2D eigenvalue weighted by molar-refractivity contribution is 5.82. The van der Waals surface area contributed by atoms with E-state index < -0.39 is 16.6 Å². The van der Waals surface area contributed by atoms with E-state index in [2.05, 4.69) is 19.9 Å². The van der Waals surface area contributed by atoms with Gasteiger partial charge in [-0.1, -0.05) is 55.8 Å². The zero-order valence-electron chi connectivity index (χ0n) is 17.1. The average molecular weight is 381 g/mol. The van der Waals surface area contributed by atoms with E-state index >= 15 is 0 Å². The first kappa shape index (κ1) is 18.6. The molecule has 0 aliphatic heterocycles. The van der Waals surface area contributed by atoms with Gasteiger partial charge in [-0.3, -0.25) is 4.79 Å². The summed E-state index contributed by atoms with van der Waals surface area (Å²) in [5.41, 5.74) is -0.119. The molecule has 150 valence electrons. The summed E-state index contributed by atoms with van der Waals surface area (Å²) in [5.74, 6) is 0.920. The van der Waals surface area contributed by atoms with Crippen LogP contribution in [0.4, 0.5) is 0 Å². The highest BCUT2D eigenvalue weighted by Crippen LogP contribution is 2.70. The average Bonchev–Trinajstić information content (AvgIpc) is 2.91. The van der Waals surface area contributed by atoms with Crippen molar-refractivity contribution in [1.82, 2.24) is 0 Å². The lowest BCUT2D eigenvalue weighted by Gasteiger charge is -2.61. The maximum atomic E-state index is 12.2. The van der Waals surface area contributed by atoms with Crippen LogP contribution in [0.3, 0.4) is 0 Å². The van der Waals surface area contributed by atoms with E-state index in [-0.39, 0.29) is 11.3 Å². The van der Waals surface area contributed by atoms with Gasteiger partial charge in [-0.25, -0.2) is 0 Å². The fourth-order valence-corrected chi connectivity index (χ4v) is 7.64. The predicted octanol–water partition coefficient (Wildman–Crippen LogP) is 4.52. The molecule has 0 heterocycles. The van der Waals surface area contributed by atoms with Gasteiger partial charge in [-0.05, 0) is 61.3 Å². The second-order valence-corrected chi connectivity index (χ2v) is 10.3.